The molecule has 44 heavy (non-hydrogen) atoms. The molecular formula is C28H33F6N5O4S. The van der Waals surface area contributed by atoms with Crippen molar-refractivity contribution in [1.82, 2.24) is 14.7 Å². The van der Waals surface area contributed by atoms with Crippen LogP contribution in [-0.2, 0) is 10.0 Å². The number of rotatable bonds is 12. The molecule has 1 aromatic heterocycles. The molecule has 3 aromatic rings. The van der Waals surface area contributed by atoms with E-state index < -0.39 is 52.0 Å². The van der Waals surface area contributed by atoms with Gasteiger partial charge in [-0.1, -0.05) is 12.1 Å². The Kier molecular flexibility index (Phi) is 10.3. The molecule has 4 rings (SSSR count). The van der Waals surface area contributed by atoms with Gasteiger partial charge >= 0.3 is 12.4 Å². The van der Waals surface area contributed by atoms with Crippen molar-refractivity contribution >= 4 is 32.7 Å². The third-order valence-electron chi connectivity index (χ3n) is 7.08. The Morgan fingerprint density at radius 1 is 0.864 bits per heavy atom. The van der Waals surface area contributed by atoms with Crippen LogP contribution in [0.1, 0.15) is 25.7 Å². The Morgan fingerprint density at radius 3 is 2.11 bits per heavy atom. The third-order valence-corrected chi connectivity index (χ3v) is 8.53. The van der Waals surface area contributed by atoms with Gasteiger partial charge in [-0.15, -0.1) is 0 Å². The van der Waals surface area contributed by atoms with Crippen molar-refractivity contribution in [2.45, 2.75) is 42.9 Å². The van der Waals surface area contributed by atoms with E-state index in [-0.39, 0.29) is 18.4 Å². The van der Waals surface area contributed by atoms with Gasteiger partial charge in [-0.25, -0.2) is 18.1 Å². The Morgan fingerprint density at radius 2 is 1.48 bits per heavy atom. The predicted molar refractivity (Wildman–Crippen MR) is 153 cm³/mol. The van der Waals surface area contributed by atoms with Crippen molar-refractivity contribution in [3.05, 3.63) is 42.5 Å². The van der Waals surface area contributed by atoms with Gasteiger partial charge in [0.05, 0.1) is 5.52 Å². The molecule has 2 aromatic carbocycles. The minimum Gasteiger partial charge on any atom is -0.484 e. The summed E-state index contributed by atoms with van der Waals surface area (Å²) in [5.74, 6) is 0.388. The van der Waals surface area contributed by atoms with E-state index in [0.29, 0.717) is 25.3 Å². The van der Waals surface area contributed by atoms with E-state index in [1.807, 2.05) is 43.3 Å². The fourth-order valence-corrected chi connectivity index (χ4v) is 6.17. The summed E-state index contributed by atoms with van der Waals surface area (Å²) in [5.41, 5.74) is 0.814. The molecule has 1 aliphatic rings. The molecule has 0 radical (unpaired) electrons. The van der Waals surface area contributed by atoms with Crippen molar-refractivity contribution in [3.63, 3.8) is 0 Å². The second kappa shape index (κ2) is 13.6. The Hall–Kier alpha value is -3.53. The summed E-state index contributed by atoms with van der Waals surface area (Å²) in [5, 5.41) is 4.25. The topological polar surface area (TPSA) is 106 Å². The molecule has 0 bridgehead atoms. The van der Waals surface area contributed by atoms with Gasteiger partial charge in [-0.05, 0) is 61.8 Å². The van der Waals surface area contributed by atoms with Gasteiger partial charge in [-0.2, -0.15) is 31.3 Å². The van der Waals surface area contributed by atoms with Crippen LogP contribution < -0.4 is 24.4 Å². The van der Waals surface area contributed by atoms with E-state index in [0.717, 1.165) is 47.8 Å². The zero-order valence-corrected chi connectivity index (χ0v) is 24.8. The van der Waals surface area contributed by atoms with Crippen molar-refractivity contribution < 1.29 is 44.2 Å². The average molecular weight is 650 g/mol. The maximum atomic E-state index is 13.1. The van der Waals surface area contributed by atoms with Gasteiger partial charge in [-0.3, -0.25) is 0 Å². The standard InChI is InChI=1S/C28H33F6N5O4S/c1-39(2)25-21-5-3-4-6-22(21)37-26(38-25)35-14-18-7-9-19(10-8-18)15-36-44(40,41)24-13-20(42-16-27(29,30)31)11-12-23(24)43-17-28(32,33)34/h3-6,11-13,18-19,36H,7-10,14-17H2,1-2H3,(H,35,37,38). The number of sulfonamides is 1. The van der Waals surface area contributed by atoms with Gasteiger partial charge in [0.15, 0.2) is 13.2 Å². The molecule has 1 saturated carbocycles. The average Bonchev–Trinajstić information content (AvgIpc) is 2.96. The number of hydrogen-bond donors (Lipinski definition) is 2. The smallest absolute Gasteiger partial charge is 0.422 e. The minimum atomic E-state index is -4.76. The number of anilines is 2. The normalized spacial score (nSPS) is 17.8. The SMILES string of the molecule is CN(C)c1nc(NCC2CCC(CNS(=O)(=O)c3cc(OCC(F)(F)F)ccc3OCC(F)(F)F)CC2)nc2ccccc12. The maximum Gasteiger partial charge on any atom is 0.422 e. The van der Waals surface area contributed by atoms with E-state index >= 15 is 0 Å². The highest BCUT2D eigenvalue weighted by atomic mass is 32.2. The fraction of sp³-hybridized carbons (Fsp3) is 0.500. The second-order valence-corrected chi connectivity index (χ2v) is 12.6. The lowest BCUT2D eigenvalue weighted by atomic mass is 9.82. The quantitative estimate of drug-likeness (QED) is 0.238. The number of aromatic nitrogens is 2. The molecule has 0 saturated heterocycles. The number of benzene rings is 2. The Bertz CT molecular complexity index is 1530. The van der Waals surface area contributed by atoms with Crippen molar-refractivity contribution in [1.29, 1.82) is 0 Å². The lowest BCUT2D eigenvalue weighted by molar-refractivity contribution is -0.154. The summed E-state index contributed by atoms with van der Waals surface area (Å²) < 4.78 is 114. The number of nitrogens with one attached hydrogen (secondary N) is 2. The summed E-state index contributed by atoms with van der Waals surface area (Å²) >= 11 is 0. The first-order chi connectivity index (χ1) is 20.6. The first kappa shape index (κ1) is 33.4. The van der Waals surface area contributed by atoms with Gasteiger partial charge in [0.1, 0.15) is 22.2 Å². The molecule has 2 N–H and O–H groups in total. The van der Waals surface area contributed by atoms with Crippen LogP contribution in [-0.4, -0.2) is 71.1 Å². The highest BCUT2D eigenvalue weighted by Gasteiger charge is 2.32. The number of alkyl halides is 6. The van der Waals surface area contributed by atoms with Crippen LogP contribution in [0.15, 0.2) is 47.4 Å². The molecule has 0 unspecified atom stereocenters. The predicted octanol–water partition coefficient (Wildman–Crippen LogP) is 5.77. The summed E-state index contributed by atoms with van der Waals surface area (Å²) in [6, 6.07) is 10.2. The van der Waals surface area contributed by atoms with Gasteiger partial charge < -0.3 is 19.7 Å². The number of para-hydroxylation sites is 1. The molecule has 242 valence electrons. The zero-order valence-electron chi connectivity index (χ0n) is 24.0. The van der Waals surface area contributed by atoms with E-state index in [4.69, 9.17) is 0 Å². The summed E-state index contributed by atoms with van der Waals surface area (Å²) in [7, 11) is -0.648. The zero-order chi connectivity index (χ0) is 32.1. The lowest BCUT2D eigenvalue weighted by Crippen LogP contribution is -2.33. The van der Waals surface area contributed by atoms with Crippen LogP contribution >= 0.6 is 0 Å². The van der Waals surface area contributed by atoms with E-state index in [1.165, 1.54) is 0 Å². The molecule has 1 fully saturated rings. The molecular weight excluding hydrogens is 616 g/mol. The first-order valence-corrected chi connectivity index (χ1v) is 15.3. The van der Waals surface area contributed by atoms with Crippen LogP contribution in [0.3, 0.4) is 0 Å². The van der Waals surface area contributed by atoms with Crippen molar-refractivity contribution in [2.75, 3.05) is 50.6 Å². The van der Waals surface area contributed by atoms with Crippen LogP contribution in [0, 0.1) is 11.8 Å². The second-order valence-electron chi connectivity index (χ2n) is 10.8. The fourth-order valence-electron chi connectivity index (χ4n) is 4.89. The van der Waals surface area contributed by atoms with Gasteiger partial charge in [0.2, 0.25) is 16.0 Å². The van der Waals surface area contributed by atoms with Crippen LogP contribution in [0.25, 0.3) is 10.9 Å². The number of fused-ring (bicyclic) bond motifs is 1. The lowest BCUT2D eigenvalue weighted by Gasteiger charge is -2.29. The molecule has 0 spiro atoms. The summed E-state index contributed by atoms with van der Waals surface area (Å²) in [6.45, 7) is -2.87. The largest absolute Gasteiger partial charge is 0.484 e. The highest BCUT2D eigenvalue weighted by molar-refractivity contribution is 7.89. The Labute approximate surface area is 251 Å². The molecule has 9 nitrogen and oxygen atoms in total. The third kappa shape index (κ3) is 9.48. The number of hydrogen-bond acceptors (Lipinski definition) is 8. The van der Waals surface area contributed by atoms with Crippen molar-refractivity contribution in [3.8, 4) is 11.5 Å². The minimum absolute atomic E-state index is 0.00515. The molecule has 0 atom stereocenters. The van der Waals surface area contributed by atoms with Crippen LogP contribution in [0.5, 0.6) is 11.5 Å². The van der Waals surface area contributed by atoms with E-state index in [9.17, 15) is 34.8 Å². The van der Waals surface area contributed by atoms with Gasteiger partial charge in [0.25, 0.3) is 0 Å². The van der Waals surface area contributed by atoms with Crippen LogP contribution in [0.4, 0.5) is 38.1 Å². The van der Waals surface area contributed by atoms with Crippen molar-refractivity contribution in [2.24, 2.45) is 11.8 Å². The van der Waals surface area contributed by atoms with Gasteiger partial charge in [0, 0.05) is 38.6 Å². The maximum absolute atomic E-state index is 13.1. The molecule has 0 amide bonds. The summed E-state index contributed by atoms with van der Waals surface area (Å²) in [4.78, 5) is 10.4. The monoisotopic (exact) mass is 649 g/mol. The Balaban J connectivity index is 1.35. The molecule has 16 heteroatoms. The number of halogens is 6. The number of ether oxygens (including phenoxy) is 2. The molecule has 1 heterocycles. The molecule has 0 aliphatic heterocycles. The molecule has 1 aliphatic carbocycles. The van der Waals surface area contributed by atoms with E-state index in [1.54, 1.807) is 0 Å². The highest BCUT2D eigenvalue weighted by Crippen LogP contribution is 2.33. The number of nitrogens with zero attached hydrogens (tertiary/aromatic N) is 3. The first-order valence-electron chi connectivity index (χ1n) is 13.8. The summed E-state index contributed by atoms with van der Waals surface area (Å²) in [6.07, 6.45) is -6.52. The van der Waals surface area contributed by atoms with E-state index in [2.05, 4.69) is 29.5 Å². The van der Waals surface area contributed by atoms with Crippen LogP contribution in [0.2, 0.25) is 0 Å².